The van der Waals surface area contributed by atoms with Crippen molar-refractivity contribution in [3.05, 3.63) is 39.8 Å². The van der Waals surface area contributed by atoms with Crippen LogP contribution in [0.1, 0.15) is 21.7 Å². The largest absolute Gasteiger partial charge is 0.476 e. The number of carbonyl (C=O) groups is 1. The summed E-state index contributed by atoms with van der Waals surface area (Å²) in [5.74, 6) is -0.881. The first kappa shape index (κ1) is 11.1. The maximum atomic E-state index is 11.5. The molecule has 0 aromatic carbocycles. The predicted octanol–water partition coefficient (Wildman–Crippen LogP) is 0.271. The monoisotopic (exact) mass is 234 g/mol. The zero-order valence-electron chi connectivity index (χ0n) is 9.26. The Labute approximate surface area is 95.8 Å². The van der Waals surface area contributed by atoms with Crippen molar-refractivity contribution in [1.82, 2.24) is 19.5 Å². The highest BCUT2D eigenvalue weighted by Gasteiger charge is 2.10. The van der Waals surface area contributed by atoms with E-state index < -0.39 is 5.97 Å². The van der Waals surface area contributed by atoms with Crippen LogP contribution in [-0.4, -0.2) is 30.6 Å². The Balaban J connectivity index is 2.53. The number of imidazole rings is 1. The average molecular weight is 234 g/mol. The van der Waals surface area contributed by atoms with Gasteiger partial charge >= 0.3 is 5.97 Å². The molecule has 17 heavy (non-hydrogen) atoms. The Bertz CT molecular complexity index is 641. The molecule has 0 saturated carbocycles. The predicted molar refractivity (Wildman–Crippen MR) is 58.4 cm³/mol. The molecule has 88 valence electrons. The summed E-state index contributed by atoms with van der Waals surface area (Å²) >= 11 is 0. The third-order valence-electron chi connectivity index (χ3n) is 2.43. The Morgan fingerprint density at radius 2 is 2.18 bits per heavy atom. The van der Waals surface area contributed by atoms with Crippen molar-refractivity contribution >= 4 is 5.97 Å². The van der Waals surface area contributed by atoms with E-state index in [4.69, 9.17) is 5.11 Å². The third kappa shape index (κ3) is 1.94. The number of rotatable bonds is 2. The summed E-state index contributed by atoms with van der Waals surface area (Å²) in [6, 6.07) is 0. The van der Waals surface area contributed by atoms with Crippen LogP contribution in [-0.2, 0) is 0 Å². The van der Waals surface area contributed by atoms with Gasteiger partial charge in [-0.15, -0.1) is 0 Å². The molecule has 2 heterocycles. The molecule has 0 spiro atoms. The van der Waals surface area contributed by atoms with Gasteiger partial charge in [0.1, 0.15) is 6.33 Å². The summed E-state index contributed by atoms with van der Waals surface area (Å²) in [5, 5.41) is 8.73. The van der Waals surface area contributed by atoms with Gasteiger partial charge in [0, 0.05) is 17.5 Å². The van der Waals surface area contributed by atoms with Crippen LogP contribution in [0.2, 0.25) is 0 Å². The Morgan fingerprint density at radius 1 is 1.47 bits per heavy atom. The number of aromatic nitrogens is 4. The van der Waals surface area contributed by atoms with Gasteiger partial charge in [-0.05, 0) is 13.8 Å². The topological polar surface area (TPSA) is 101 Å². The molecule has 0 amide bonds. The van der Waals surface area contributed by atoms with Gasteiger partial charge in [0.25, 0.3) is 5.56 Å². The van der Waals surface area contributed by atoms with E-state index in [0.29, 0.717) is 11.3 Å². The van der Waals surface area contributed by atoms with E-state index in [1.807, 2.05) is 0 Å². The first-order valence-corrected chi connectivity index (χ1v) is 4.84. The summed E-state index contributed by atoms with van der Waals surface area (Å²) in [6.07, 6.45) is 2.58. The molecule has 2 aromatic heterocycles. The summed E-state index contributed by atoms with van der Waals surface area (Å²) in [6.45, 7) is 3.38. The van der Waals surface area contributed by atoms with Crippen LogP contribution in [0.5, 0.6) is 0 Å². The molecule has 0 bridgehead atoms. The lowest BCUT2D eigenvalue weighted by Gasteiger charge is -2.03. The number of hydrogen-bond acceptors (Lipinski definition) is 4. The molecule has 2 rings (SSSR count). The second-order valence-corrected chi connectivity index (χ2v) is 3.57. The zero-order valence-corrected chi connectivity index (χ0v) is 9.26. The lowest BCUT2D eigenvalue weighted by Crippen LogP contribution is -2.16. The summed E-state index contributed by atoms with van der Waals surface area (Å²) in [7, 11) is 0. The number of carboxylic acids is 1. The number of aromatic amines is 1. The molecule has 0 atom stereocenters. The summed E-state index contributed by atoms with van der Waals surface area (Å²) < 4.78 is 1.36. The summed E-state index contributed by atoms with van der Waals surface area (Å²) in [4.78, 5) is 32.6. The summed E-state index contributed by atoms with van der Waals surface area (Å²) in [5.41, 5.74) is 0.769. The van der Waals surface area contributed by atoms with E-state index in [1.165, 1.54) is 17.1 Å². The van der Waals surface area contributed by atoms with Gasteiger partial charge in [0.15, 0.2) is 5.69 Å². The van der Waals surface area contributed by atoms with Crippen LogP contribution in [0.25, 0.3) is 5.95 Å². The number of aryl methyl sites for hydroxylation is 1. The lowest BCUT2D eigenvalue weighted by atomic mass is 10.3. The number of aromatic carboxylic acids is 1. The number of carboxylic acid groups (broad SMARTS) is 1. The van der Waals surface area contributed by atoms with E-state index in [-0.39, 0.29) is 17.2 Å². The Morgan fingerprint density at radius 3 is 2.71 bits per heavy atom. The van der Waals surface area contributed by atoms with Gasteiger partial charge in [0.2, 0.25) is 5.95 Å². The van der Waals surface area contributed by atoms with Crippen molar-refractivity contribution < 1.29 is 9.90 Å². The SMILES string of the molecule is Cc1nc(-n2cnc(C(=O)O)c2)[nH]c(=O)c1C. The van der Waals surface area contributed by atoms with Crippen molar-refractivity contribution in [2.45, 2.75) is 13.8 Å². The van der Waals surface area contributed by atoms with Gasteiger partial charge in [-0.25, -0.2) is 14.8 Å². The highest BCUT2D eigenvalue weighted by atomic mass is 16.4. The number of hydrogen-bond donors (Lipinski definition) is 2. The molecule has 0 aliphatic rings. The molecule has 7 heteroatoms. The van der Waals surface area contributed by atoms with E-state index >= 15 is 0 Å². The molecular formula is C10H10N4O3. The van der Waals surface area contributed by atoms with Gasteiger partial charge in [0.05, 0.1) is 0 Å². The maximum absolute atomic E-state index is 11.5. The standard InChI is InChI=1S/C10H10N4O3/c1-5-6(2)12-10(13-8(5)15)14-3-7(9(16)17)11-4-14/h3-4H,1-2H3,(H,16,17)(H,12,13,15). The van der Waals surface area contributed by atoms with Crippen LogP contribution >= 0.6 is 0 Å². The molecule has 0 fully saturated rings. The molecular weight excluding hydrogens is 224 g/mol. The lowest BCUT2D eigenvalue weighted by molar-refractivity contribution is 0.0691. The fraction of sp³-hybridized carbons (Fsp3) is 0.200. The number of nitrogens with one attached hydrogen (secondary N) is 1. The molecule has 0 aliphatic carbocycles. The number of nitrogens with zero attached hydrogens (tertiary/aromatic N) is 3. The Kier molecular flexibility index (Phi) is 2.51. The minimum absolute atomic E-state index is 0.106. The Hall–Kier alpha value is -2.44. The molecule has 7 nitrogen and oxygen atoms in total. The quantitative estimate of drug-likeness (QED) is 0.776. The van der Waals surface area contributed by atoms with E-state index in [1.54, 1.807) is 13.8 Å². The minimum Gasteiger partial charge on any atom is -0.476 e. The minimum atomic E-state index is -1.13. The highest BCUT2D eigenvalue weighted by Crippen LogP contribution is 2.04. The van der Waals surface area contributed by atoms with Crippen molar-refractivity contribution in [3.8, 4) is 5.95 Å². The first-order chi connectivity index (χ1) is 7.99. The fourth-order valence-corrected chi connectivity index (χ4v) is 1.30. The molecule has 0 aliphatic heterocycles. The molecule has 0 radical (unpaired) electrons. The average Bonchev–Trinajstić information content (AvgIpc) is 2.74. The third-order valence-corrected chi connectivity index (χ3v) is 2.43. The van der Waals surface area contributed by atoms with Crippen molar-refractivity contribution in [1.29, 1.82) is 0 Å². The van der Waals surface area contributed by atoms with Gasteiger partial charge in [-0.1, -0.05) is 0 Å². The number of H-pyrrole nitrogens is 1. The molecule has 0 unspecified atom stereocenters. The highest BCUT2D eigenvalue weighted by molar-refractivity contribution is 5.85. The molecule has 0 saturated heterocycles. The van der Waals surface area contributed by atoms with Crippen LogP contribution in [0.3, 0.4) is 0 Å². The molecule has 2 aromatic rings. The first-order valence-electron chi connectivity index (χ1n) is 4.84. The second kappa shape index (κ2) is 3.85. The van der Waals surface area contributed by atoms with E-state index in [0.717, 1.165) is 0 Å². The van der Waals surface area contributed by atoms with Crippen LogP contribution in [0.15, 0.2) is 17.3 Å². The smallest absolute Gasteiger partial charge is 0.356 e. The maximum Gasteiger partial charge on any atom is 0.356 e. The normalized spacial score (nSPS) is 10.5. The van der Waals surface area contributed by atoms with Crippen molar-refractivity contribution in [2.24, 2.45) is 0 Å². The van der Waals surface area contributed by atoms with Crippen molar-refractivity contribution in [3.63, 3.8) is 0 Å². The fourth-order valence-electron chi connectivity index (χ4n) is 1.30. The van der Waals surface area contributed by atoms with Crippen molar-refractivity contribution in [2.75, 3.05) is 0 Å². The molecule has 2 N–H and O–H groups in total. The van der Waals surface area contributed by atoms with Crippen LogP contribution in [0.4, 0.5) is 0 Å². The van der Waals surface area contributed by atoms with E-state index in [9.17, 15) is 9.59 Å². The van der Waals surface area contributed by atoms with E-state index in [2.05, 4.69) is 15.0 Å². The van der Waals surface area contributed by atoms with Crippen LogP contribution < -0.4 is 5.56 Å². The van der Waals surface area contributed by atoms with Gasteiger partial charge in [-0.2, -0.15) is 0 Å². The van der Waals surface area contributed by atoms with Gasteiger partial charge < -0.3 is 5.11 Å². The zero-order chi connectivity index (χ0) is 12.6. The van der Waals surface area contributed by atoms with Crippen LogP contribution in [0, 0.1) is 13.8 Å². The second-order valence-electron chi connectivity index (χ2n) is 3.57. The van der Waals surface area contributed by atoms with Gasteiger partial charge in [-0.3, -0.25) is 14.3 Å².